The lowest BCUT2D eigenvalue weighted by Gasteiger charge is -2.07. The molecule has 2 aromatic carbocycles. The van der Waals surface area contributed by atoms with Gasteiger partial charge in [-0.2, -0.15) is 0 Å². The van der Waals surface area contributed by atoms with Crippen LogP contribution in [0.5, 0.6) is 0 Å². The van der Waals surface area contributed by atoms with Crippen molar-refractivity contribution in [1.82, 2.24) is 0 Å². The smallest absolute Gasteiger partial charge is 0.283 e. The predicted molar refractivity (Wildman–Crippen MR) is 76.2 cm³/mol. The van der Waals surface area contributed by atoms with Crippen LogP contribution in [0.1, 0.15) is 5.56 Å². The summed E-state index contributed by atoms with van der Waals surface area (Å²) < 4.78 is 0. The molecule has 0 spiro atoms. The van der Waals surface area contributed by atoms with Crippen LogP contribution in [-0.2, 0) is 0 Å². The van der Waals surface area contributed by atoms with Gasteiger partial charge in [0.05, 0.1) is 9.82 Å². The second-order valence-electron chi connectivity index (χ2n) is 3.81. The lowest BCUT2D eigenvalue weighted by Crippen LogP contribution is -2.14. The van der Waals surface area contributed by atoms with Gasteiger partial charge in [0.1, 0.15) is 0 Å². The summed E-state index contributed by atoms with van der Waals surface area (Å²) in [6, 6.07) is 13.4. The monoisotopic (exact) mass is 289 g/mol. The quantitative estimate of drug-likeness (QED) is 0.296. The molecule has 0 bridgehead atoms. The summed E-state index contributed by atoms with van der Waals surface area (Å²) in [5.74, 6) is -0.0355. The standard InChI is InChI=1S/C13H11N3O3S/c14-13(15-17)9-5-1-3-7-11(9)20-12-8-4-2-6-10(12)16(18)19/h1-8,17H,(H2,14,15). The highest BCUT2D eigenvalue weighted by molar-refractivity contribution is 7.99. The van der Waals surface area contributed by atoms with Gasteiger partial charge in [0, 0.05) is 16.5 Å². The molecule has 0 atom stereocenters. The number of nitro groups is 1. The third kappa shape index (κ3) is 2.89. The van der Waals surface area contributed by atoms with Gasteiger partial charge in [-0.1, -0.05) is 47.2 Å². The first-order valence-corrected chi connectivity index (χ1v) is 6.43. The van der Waals surface area contributed by atoms with Gasteiger partial charge in [0.15, 0.2) is 5.84 Å². The fraction of sp³-hybridized carbons (Fsp3) is 0. The molecule has 0 aliphatic heterocycles. The van der Waals surface area contributed by atoms with E-state index in [4.69, 9.17) is 10.9 Å². The van der Waals surface area contributed by atoms with Crippen LogP contribution >= 0.6 is 11.8 Å². The van der Waals surface area contributed by atoms with Crippen LogP contribution in [0.4, 0.5) is 5.69 Å². The van der Waals surface area contributed by atoms with Crippen molar-refractivity contribution in [3.63, 3.8) is 0 Å². The number of amidine groups is 1. The van der Waals surface area contributed by atoms with Gasteiger partial charge >= 0.3 is 0 Å². The SMILES string of the molecule is N/C(=N\O)c1ccccc1Sc1ccccc1[N+](=O)[O-]. The second kappa shape index (κ2) is 6.07. The van der Waals surface area contributed by atoms with E-state index in [1.165, 1.54) is 17.8 Å². The van der Waals surface area contributed by atoms with Gasteiger partial charge in [-0.05, 0) is 12.1 Å². The average molecular weight is 289 g/mol. The number of rotatable bonds is 4. The first-order valence-electron chi connectivity index (χ1n) is 5.61. The Morgan fingerprint density at radius 1 is 1.15 bits per heavy atom. The largest absolute Gasteiger partial charge is 0.409 e. The van der Waals surface area contributed by atoms with Crippen LogP contribution < -0.4 is 5.73 Å². The molecule has 6 nitrogen and oxygen atoms in total. The molecule has 0 saturated carbocycles. The van der Waals surface area contributed by atoms with E-state index in [2.05, 4.69) is 5.16 Å². The van der Waals surface area contributed by atoms with Gasteiger partial charge < -0.3 is 10.9 Å². The molecule has 0 fully saturated rings. The first-order chi connectivity index (χ1) is 9.63. The summed E-state index contributed by atoms with van der Waals surface area (Å²) in [7, 11) is 0. The van der Waals surface area contributed by atoms with Crippen LogP contribution in [0.3, 0.4) is 0 Å². The van der Waals surface area contributed by atoms with E-state index in [1.807, 2.05) is 0 Å². The van der Waals surface area contributed by atoms with Gasteiger partial charge in [-0.25, -0.2) is 0 Å². The first kappa shape index (κ1) is 13.9. The fourth-order valence-corrected chi connectivity index (χ4v) is 2.69. The Hall–Kier alpha value is -2.54. The van der Waals surface area contributed by atoms with Gasteiger partial charge in [-0.3, -0.25) is 10.1 Å². The zero-order valence-electron chi connectivity index (χ0n) is 10.3. The molecule has 2 aromatic rings. The number of hydrogen-bond donors (Lipinski definition) is 2. The Labute approximate surface area is 119 Å². The molecule has 20 heavy (non-hydrogen) atoms. The molecule has 0 radical (unpaired) electrons. The number of nitrogens with zero attached hydrogens (tertiary/aromatic N) is 2. The topological polar surface area (TPSA) is 102 Å². The van der Waals surface area contributed by atoms with E-state index in [1.54, 1.807) is 42.5 Å². The molecule has 2 rings (SSSR count). The van der Waals surface area contributed by atoms with Gasteiger partial charge in [-0.15, -0.1) is 0 Å². The predicted octanol–water partition coefficient (Wildman–Crippen LogP) is 2.84. The van der Waals surface area contributed by atoms with Crippen molar-refractivity contribution in [3.05, 3.63) is 64.2 Å². The van der Waals surface area contributed by atoms with Crippen LogP contribution in [0.2, 0.25) is 0 Å². The Kier molecular flexibility index (Phi) is 4.21. The number of hydrogen-bond acceptors (Lipinski definition) is 5. The Morgan fingerprint density at radius 3 is 2.40 bits per heavy atom. The minimum absolute atomic E-state index is 0.0202. The number of nitro benzene ring substituents is 1. The highest BCUT2D eigenvalue weighted by atomic mass is 32.2. The Morgan fingerprint density at radius 2 is 1.75 bits per heavy atom. The van der Waals surface area contributed by atoms with Crippen molar-refractivity contribution in [2.45, 2.75) is 9.79 Å². The normalized spacial score (nSPS) is 11.3. The minimum atomic E-state index is -0.436. The van der Waals surface area contributed by atoms with Crippen LogP contribution in [0, 0.1) is 10.1 Å². The lowest BCUT2D eigenvalue weighted by atomic mass is 10.2. The maximum atomic E-state index is 11.0. The molecule has 0 aromatic heterocycles. The molecule has 0 unspecified atom stereocenters. The summed E-state index contributed by atoms with van der Waals surface area (Å²) in [5.41, 5.74) is 6.15. The zero-order valence-corrected chi connectivity index (χ0v) is 11.1. The molecule has 0 aliphatic rings. The van der Waals surface area contributed by atoms with Crippen molar-refractivity contribution < 1.29 is 10.1 Å². The van der Waals surface area contributed by atoms with E-state index >= 15 is 0 Å². The summed E-state index contributed by atoms with van der Waals surface area (Å²) in [5, 5.41) is 22.7. The number of nitrogens with two attached hydrogens (primary N) is 1. The minimum Gasteiger partial charge on any atom is -0.409 e. The molecule has 0 heterocycles. The third-order valence-electron chi connectivity index (χ3n) is 2.55. The highest BCUT2D eigenvalue weighted by Gasteiger charge is 2.16. The molecule has 7 heteroatoms. The van der Waals surface area contributed by atoms with Gasteiger partial charge in [0.25, 0.3) is 5.69 Å². The van der Waals surface area contributed by atoms with Crippen molar-refractivity contribution >= 4 is 23.3 Å². The van der Waals surface area contributed by atoms with Crippen LogP contribution in [-0.4, -0.2) is 16.0 Å². The van der Waals surface area contributed by atoms with Gasteiger partial charge in [0.2, 0.25) is 0 Å². The summed E-state index contributed by atoms with van der Waals surface area (Å²) >= 11 is 1.20. The van der Waals surface area contributed by atoms with Crippen molar-refractivity contribution in [2.75, 3.05) is 0 Å². The number of oxime groups is 1. The van der Waals surface area contributed by atoms with E-state index in [-0.39, 0.29) is 11.5 Å². The Bertz CT molecular complexity index is 673. The zero-order chi connectivity index (χ0) is 14.5. The van der Waals surface area contributed by atoms with Crippen molar-refractivity contribution in [3.8, 4) is 0 Å². The molecule has 3 N–H and O–H groups in total. The molecule has 102 valence electrons. The molecule has 0 saturated heterocycles. The fourth-order valence-electron chi connectivity index (χ4n) is 1.63. The summed E-state index contributed by atoms with van der Waals surface area (Å²) in [4.78, 5) is 11.7. The second-order valence-corrected chi connectivity index (χ2v) is 4.89. The van der Waals surface area contributed by atoms with Crippen LogP contribution in [0.25, 0.3) is 0 Å². The maximum Gasteiger partial charge on any atom is 0.283 e. The molecule has 0 amide bonds. The van der Waals surface area contributed by atoms with Crippen LogP contribution in [0.15, 0.2) is 63.5 Å². The van der Waals surface area contributed by atoms with E-state index in [9.17, 15) is 10.1 Å². The lowest BCUT2D eigenvalue weighted by molar-refractivity contribution is -0.387. The van der Waals surface area contributed by atoms with E-state index in [0.717, 1.165) is 0 Å². The Balaban J connectivity index is 2.44. The summed E-state index contributed by atoms with van der Waals surface area (Å²) in [6.07, 6.45) is 0. The molecule has 0 aliphatic carbocycles. The number of benzene rings is 2. The maximum absolute atomic E-state index is 11.0. The van der Waals surface area contributed by atoms with E-state index in [0.29, 0.717) is 15.4 Å². The average Bonchev–Trinajstić information content (AvgIpc) is 2.47. The van der Waals surface area contributed by atoms with Crippen molar-refractivity contribution in [1.29, 1.82) is 0 Å². The van der Waals surface area contributed by atoms with Crippen molar-refractivity contribution in [2.24, 2.45) is 10.9 Å². The highest BCUT2D eigenvalue weighted by Crippen LogP contribution is 2.36. The van der Waals surface area contributed by atoms with E-state index < -0.39 is 4.92 Å². The molecular weight excluding hydrogens is 278 g/mol. The molecular formula is C13H11N3O3S. The summed E-state index contributed by atoms with van der Waals surface area (Å²) in [6.45, 7) is 0. The third-order valence-corrected chi connectivity index (χ3v) is 3.69. The number of para-hydroxylation sites is 1.